The molecule has 0 aliphatic carbocycles. The molecule has 0 atom stereocenters. The number of benzene rings is 11. The molecular weight excluding hydrogens is 681 g/mol. The van der Waals surface area contributed by atoms with Gasteiger partial charge in [-0.1, -0.05) is 127 Å². The molecule has 0 bridgehead atoms. The highest BCUT2D eigenvalue weighted by molar-refractivity contribution is 6.30. The Morgan fingerprint density at radius 1 is 0.214 bits per heavy atom. The molecule has 0 N–H and O–H groups in total. The molecule has 0 spiro atoms. The van der Waals surface area contributed by atoms with Gasteiger partial charge in [0.05, 0.1) is 0 Å². The number of fused-ring (bicyclic) bond motifs is 15. The summed E-state index contributed by atoms with van der Waals surface area (Å²) in [6, 6.07) is 66.2. The van der Waals surface area contributed by atoms with Gasteiger partial charge in [-0.3, -0.25) is 0 Å². The molecule has 13 aromatic rings. The summed E-state index contributed by atoms with van der Waals surface area (Å²) < 4.78 is 12.9. The van der Waals surface area contributed by atoms with E-state index in [2.05, 4.69) is 170 Å². The molecule has 13 rings (SSSR count). The monoisotopic (exact) mass is 710 g/mol. The lowest BCUT2D eigenvalue weighted by atomic mass is 9.85. The van der Waals surface area contributed by atoms with Crippen molar-refractivity contribution in [2.24, 2.45) is 0 Å². The van der Waals surface area contributed by atoms with Gasteiger partial charge in [0.1, 0.15) is 22.3 Å². The molecule has 56 heavy (non-hydrogen) atoms. The maximum atomic E-state index is 6.69. The summed E-state index contributed by atoms with van der Waals surface area (Å²) in [6.07, 6.45) is 0. The van der Waals surface area contributed by atoms with E-state index in [-0.39, 0.29) is 0 Å². The topological polar surface area (TPSA) is 26.3 Å². The van der Waals surface area contributed by atoms with Crippen LogP contribution in [0.15, 0.2) is 191 Å². The van der Waals surface area contributed by atoms with Crippen molar-refractivity contribution in [1.29, 1.82) is 0 Å². The van der Waals surface area contributed by atoms with Crippen LogP contribution in [0.3, 0.4) is 0 Å². The van der Waals surface area contributed by atoms with Crippen LogP contribution >= 0.6 is 0 Å². The third-order valence-corrected chi connectivity index (χ3v) is 12.2. The van der Waals surface area contributed by atoms with Crippen molar-refractivity contribution in [3.63, 3.8) is 0 Å². The van der Waals surface area contributed by atoms with Gasteiger partial charge in [0.2, 0.25) is 0 Å². The number of rotatable bonds is 2. The molecule has 2 nitrogen and oxygen atoms in total. The van der Waals surface area contributed by atoms with E-state index >= 15 is 0 Å². The average molecular weight is 711 g/mol. The maximum absolute atomic E-state index is 6.69. The Balaban J connectivity index is 1.08. The normalized spacial score (nSPS) is 12.3. The Labute approximate surface area is 320 Å². The lowest BCUT2D eigenvalue weighted by Gasteiger charge is -2.18. The molecule has 0 radical (unpaired) electrons. The van der Waals surface area contributed by atoms with Crippen molar-refractivity contribution in [3.05, 3.63) is 182 Å². The van der Waals surface area contributed by atoms with E-state index in [1.165, 1.54) is 86.9 Å². The second-order valence-electron chi connectivity index (χ2n) is 15.1. The highest BCUT2D eigenvalue weighted by Gasteiger charge is 2.20. The SMILES string of the molecule is c1ccc2cc3c(cc2c1)c1ccccc1c1cc2oc4ccc(-c5c6ccccc6c(-c6ccc7oc8ccccc8c7c6)c6ccccc56)cc4c2cc31. The molecule has 0 aliphatic rings. The third-order valence-electron chi connectivity index (χ3n) is 12.2. The fourth-order valence-electron chi connectivity index (χ4n) is 9.69. The lowest BCUT2D eigenvalue weighted by molar-refractivity contribution is 0.669. The van der Waals surface area contributed by atoms with Crippen molar-refractivity contribution in [2.45, 2.75) is 0 Å². The van der Waals surface area contributed by atoms with Gasteiger partial charge in [-0.25, -0.2) is 0 Å². The number of hydrogen-bond acceptors (Lipinski definition) is 2. The van der Waals surface area contributed by atoms with Crippen LogP contribution in [-0.4, -0.2) is 0 Å². The average Bonchev–Trinajstić information content (AvgIpc) is 3.81. The Bertz CT molecular complexity index is 3770. The van der Waals surface area contributed by atoms with Crippen molar-refractivity contribution >= 4 is 109 Å². The molecule has 0 fully saturated rings. The second-order valence-corrected chi connectivity index (χ2v) is 15.1. The van der Waals surface area contributed by atoms with E-state index < -0.39 is 0 Å². The molecule has 11 aromatic carbocycles. The summed E-state index contributed by atoms with van der Waals surface area (Å²) in [6.45, 7) is 0. The zero-order valence-corrected chi connectivity index (χ0v) is 30.1. The van der Waals surface area contributed by atoms with Crippen molar-refractivity contribution in [3.8, 4) is 22.3 Å². The molecular formula is C54H30O2. The summed E-state index contributed by atoms with van der Waals surface area (Å²) in [5.74, 6) is 0. The standard InChI is InChI=1S/C54H30O2/c1-2-12-32-26-43-42(25-31(32)11-1)35-13-3-4-14-36(35)45-30-52-48(29-44(43)45)47-28-34(22-24-51(47)56-52)54-40-18-7-5-16-38(40)53(39-17-6-8-19-41(39)54)33-21-23-50-46(27-33)37-15-9-10-20-49(37)55-50/h1-30H. The predicted molar refractivity (Wildman–Crippen MR) is 237 cm³/mol. The van der Waals surface area contributed by atoms with Crippen LogP contribution < -0.4 is 0 Å². The highest BCUT2D eigenvalue weighted by Crippen LogP contribution is 2.47. The first-order valence-corrected chi connectivity index (χ1v) is 19.2. The van der Waals surface area contributed by atoms with Gasteiger partial charge in [-0.05, 0) is 141 Å². The van der Waals surface area contributed by atoms with Gasteiger partial charge in [-0.15, -0.1) is 0 Å². The van der Waals surface area contributed by atoms with Crippen molar-refractivity contribution in [2.75, 3.05) is 0 Å². The van der Waals surface area contributed by atoms with Crippen LogP contribution in [0, 0.1) is 0 Å². The molecule has 2 aromatic heterocycles. The van der Waals surface area contributed by atoms with E-state index in [1.807, 2.05) is 12.1 Å². The van der Waals surface area contributed by atoms with Gasteiger partial charge >= 0.3 is 0 Å². The van der Waals surface area contributed by atoms with E-state index in [0.717, 1.165) is 43.9 Å². The quantitative estimate of drug-likeness (QED) is 0.132. The number of furan rings is 2. The lowest BCUT2D eigenvalue weighted by Crippen LogP contribution is -1.90. The fourth-order valence-corrected chi connectivity index (χ4v) is 9.69. The largest absolute Gasteiger partial charge is 0.456 e. The maximum Gasteiger partial charge on any atom is 0.136 e. The minimum Gasteiger partial charge on any atom is -0.456 e. The van der Waals surface area contributed by atoms with Crippen molar-refractivity contribution in [1.82, 2.24) is 0 Å². The number of hydrogen-bond donors (Lipinski definition) is 0. The summed E-state index contributed by atoms with van der Waals surface area (Å²) in [5.41, 5.74) is 8.43. The minimum absolute atomic E-state index is 0.893. The fraction of sp³-hybridized carbons (Fsp3) is 0. The second kappa shape index (κ2) is 11.1. The highest BCUT2D eigenvalue weighted by atomic mass is 16.3. The molecule has 0 saturated carbocycles. The van der Waals surface area contributed by atoms with Gasteiger partial charge in [0, 0.05) is 21.5 Å². The molecule has 2 heteroatoms. The van der Waals surface area contributed by atoms with E-state index in [9.17, 15) is 0 Å². The first kappa shape index (κ1) is 30.0. The van der Waals surface area contributed by atoms with Crippen LogP contribution in [0.4, 0.5) is 0 Å². The predicted octanol–water partition coefficient (Wildman–Crippen LogP) is 15.7. The van der Waals surface area contributed by atoms with Crippen LogP contribution in [0.5, 0.6) is 0 Å². The van der Waals surface area contributed by atoms with Crippen LogP contribution in [-0.2, 0) is 0 Å². The van der Waals surface area contributed by atoms with Gasteiger partial charge in [0.25, 0.3) is 0 Å². The molecule has 2 heterocycles. The zero-order chi connectivity index (χ0) is 36.5. The van der Waals surface area contributed by atoms with Crippen molar-refractivity contribution < 1.29 is 8.83 Å². The first-order valence-electron chi connectivity index (χ1n) is 19.2. The van der Waals surface area contributed by atoms with Crippen LogP contribution in [0.25, 0.3) is 131 Å². The Morgan fingerprint density at radius 3 is 1.16 bits per heavy atom. The minimum atomic E-state index is 0.893. The summed E-state index contributed by atoms with van der Waals surface area (Å²) in [5, 5.41) is 19.4. The van der Waals surface area contributed by atoms with Gasteiger partial charge in [-0.2, -0.15) is 0 Å². The molecule has 0 saturated heterocycles. The molecule has 0 amide bonds. The Morgan fingerprint density at radius 2 is 0.589 bits per heavy atom. The van der Waals surface area contributed by atoms with Gasteiger partial charge < -0.3 is 8.83 Å². The Kier molecular flexibility index (Phi) is 5.92. The first-order chi connectivity index (χ1) is 27.7. The smallest absolute Gasteiger partial charge is 0.136 e. The van der Waals surface area contributed by atoms with E-state index in [0.29, 0.717) is 0 Å². The summed E-state index contributed by atoms with van der Waals surface area (Å²) in [4.78, 5) is 0. The zero-order valence-electron chi connectivity index (χ0n) is 30.1. The molecule has 0 aliphatic heterocycles. The van der Waals surface area contributed by atoms with Crippen LogP contribution in [0.1, 0.15) is 0 Å². The molecule has 258 valence electrons. The van der Waals surface area contributed by atoms with E-state index in [4.69, 9.17) is 8.83 Å². The summed E-state index contributed by atoms with van der Waals surface area (Å²) in [7, 11) is 0. The molecule has 0 unspecified atom stereocenters. The van der Waals surface area contributed by atoms with Gasteiger partial charge in [0.15, 0.2) is 0 Å². The Hall–Kier alpha value is -7.42. The number of para-hydroxylation sites is 1. The summed E-state index contributed by atoms with van der Waals surface area (Å²) >= 11 is 0. The van der Waals surface area contributed by atoms with Crippen LogP contribution in [0.2, 0.25) is 0 Å². The van der Waals surface area contributed by atoms with E-state index in [1.54, 1.807) is 0 Å². The third kappa shape index (κ3) is 4.10.